The second-order valence-electron chi connectivity index (χ2n) is 20.9. The number of halogens is 2. The molecule has 2 saturated heterocycles. The van der Waals surface area contributed by atoms with Gasteiger partial charge in [0.2, 0.25) is 0 Å². The average molecular weight is 1040 g/mol. The summed E-state index contributed by atoms with van der Waals surface area (Å²) in [6.45, 7) is 3.91. The van der Waals surface area contributed by atoms with E-state index >= 15 is 8.78 Å². The lowest BCUT2D eigenvalue weighted by Gasteiger charge is -2.37. The van der Waals surface area contributed by atoms with Gasteiger partial charge in [0.15, 0.2) is 12.6 Å². The highest BCUT2D eigenvalue weighted by molar-refractivity contribution is 6.01. The number of anilines is 2. The maximum absolute atomic E-state index is 16.1. The third kappa shape index (κ3) is 12.2. The molecule has 400 valence electrons. The highest BCUT2D eigenvalue weighted by Gasteiger charge is 2.35. The summed E-state index contributed by atoms with van der Waals surface area (Å²) in [4.78, 5) is 4.52. The summed E-state index contributed by atoms with van der Waals surface area (Å²) in [7, 11) is 6.74. The lowest BCUT2D eigenvalue weighted by Crippen LogP contribution is -2.39. The number of hydrogen-bond donors (Lipinski definition) is 1. The molecule has 2 heterocycles. The molecule has 0 saturated carbocycles. The SMILES string of the molecule is COC(OC)C1CCN(c2ccc(C3=C(c4ccccc4)CCc4cc(OCc5ccccc5)ccc43)c(F)c2)CC1.COC(OC)C1CCN(c2ccc(C3c4ccc(O)cc4CC[C@@H]3c3ccccc3)c(F)c2)CC1. The van der Waals surface area contributed by atoms with Crippen LogP contribution in [0.25, 0.3) is 11.1 Å². The number of aryl methyl sites for hydroxylation is 2. The van der Waals surface area contributed by atoms with Crippen LogP contribution in [0.2, 0.25) is 0 Å². The van der Waals surface area contributed by atoms with Crippen LogP contribution in [0.3, 0.4) is 0 Å². The van der Waals surface area contributed by atoms with Gasteiger partial charge in [-0.2, -0.15) is 0 Å². The zero-order valence-corrected chi connectivity index (χ0v) is 44.9. The molecule has 0 aromatic heterocycles. The van der Waals surface area contributed by atoms with Crippen molar-refractivity contribution in [2.75, 3.05) is 64.4 Å². The summed E-state index contributed by atoms with van der Waals surface area (Å²) in [5, 5.41) is 10.1. The number of ether oxygens (including phenoxy) is 5. The summed E-state index contributed by atoms with van der Waals surface area (Å²) in [6.07, 6.45) is 6.92. The number of piperidine rings is 2. The molecule has 1 N–H and O–H groups in total. The molecule has 1 unspecified atom stereocenters. The first kappa shape index (κ1) is 53.6. The monoisotopic (exact) mass is 1040 g/mol. The van der Waals surface area contributed by atoms with Gasteiger partial charge in [0.1, 0.15) is 29.7 Å². The van der Waals surface area contributed by atoms with Crippen molar-refractivity contribution in [1.82, 2.24) is 0 Å². The first-order valence-corrected chi connectivity index (χ1v) is 27.4. The Morgan fingerprint density at radius 1 is 0.519 bits per heavy atom. The molecule has 77 heavy (non-hydrogen) atoms. The molecule has 0 radical (unpaired) electrons. The van der Waals surface area contributed by atoms with Crippen molar-refractivity contribution in [3.8, 4) is 11.5 Å². The number of allylic oxidation sites excluding steroid dienone is 1. The van der Waals surface area contributed by atoms with E-state index in [-0.39, 0.29) is 41.8 Å². The molecule has 2 aliphatic heterocycles. The standard InChI is InChI=1S/C37H38FNO3.C30H34FNO3/c1-40-37(41-2)28-19-21-39(22-20-28)30-14-17-34(35(38)24-30)36-32(27-11-7-4-8-12-27)16-13-29-23-31(15-18-33(29)36)42-25-26-9-5-3-6-10-26;1-34-30(35-2)21-14-16-32(17-15-21)23-9-12-27(28(31)19-23)29-25(20-6-4-3-5-7-20)11-8-22-18-24(33)10-13-26(22)29/h3-12,14-15,17-18,23-24,28,37H,13,16,19-22,25H2,1-2H3;3-7,9-10,12-13,18-19,21,25,29-30,33H,8,11,14-17H2,1-2H3/t;25-,29?/m.1/s1. The van der Waals surface area contributed by atoms with Crippen LogP contribution in [0.5, 0.6) is 11.5 Å². The predicted molar refractivity (Wildman–Crippen MR) is 304 cm³/mol. The first-order chi connectivity index (χ1) is 37.7. The molecule has 4 aliphatic rings. The number of phenolic OH excluding ortho intramolecular Hbond substituents is 1. The summed E-state index contributed by atoms with van der Waals surface area (Å²) in [5.41, 5.74) is 13.3. The van der Waals surface area contributed by atoms with E-state index in [0.29, 0.717) is 24.0 Å². The Hall–Kier alpha value is -6.82. The molecule has 0 amide bonds. The van der Waals surface area contributed by atoms with Crippen molar-refractivity contribution in [3.63, 3.8) is 0 Å². The third-order valence-electron chi connectivity index (χ3n) is 16.5. The largest absolute Gasteiger partial charge is 0.508 e. The zero-order valence-electron chi connectivity index (χ0n) is 44.9. The minimum absolute atomic E-state index is 0.0919. The van der Waals surface area contributed by atoms with Crippen LogP contribution < -0.4 is 14.5 Å². The lowest BCUT2D eigenvalue weighted by molar-refractivity contribution is -0.141. The topological polar surface area (TPSA) is 72.9 Å². The van der Waals surface area contributed by atoms with Gasteiger partial charge in [0, 0.05) is 89.3 Å². The van der Waals surface area contributed by atoms with Gasteiger partial charge >= 0.3 is 0 Å². The van der Waals surface area contributed by atoms with Crippen LogP contribution in [-0.4, -0.2) is 72.3 Å². The van der Waals surface area contributed by atoms with E-state index in [1.165, 1.54) is 16.7 Å². The summed E-state index contributed by atoms with van der Waals surface area (Å²) >= 11 is 0. The molecule has 0 bridgehead atoms. The van der Waals surface area contributed by atoms with Gasteiger partial charge in [0.05, 0.1) is 0 Å². The summed E-state index contributed by atoms with van der Waals surface area (Å²) < 4.78 is 60.0. The van der Waals surface area contributed by atoms with E-state index in [0.717, 1.165) is 134 Å². The smallest absolute Gasteiger partial charge is 0.159 e. The first-order valence-electron chi connectivity index (χ1n) is 27.4. The molecule has 11 rings (SSSR count). The Bertz CT molecular complexity index is 3080. The molecular formula is C67H72F2N2O6. The second kappa shape index (κ2) is 25.1. The molecule has 7 aromatic rings. The molecule has 8 nitrogen and oxygen atoms in total. The van der Waals surface area contributed by atoms with Crippen molar-refractivity contribution in [3.05, 3.63) is 225 Å². The van der Waals surface area contributed by atoms with Gasteiger partial charge in [-0.3, -0.25) is 0 Å². The van der Waals surface area contributed by atoms with Crippen LogP contribution in [0.1, 0.15) is 100 Å². The van der Waals surface area contributed by atoms with Crippen molar-refractivity contribution >= 4 is 22.5 Å². The fraction of sp³-hybridized carbons (Fsp3) is 0.343. The van der Waals surface area contributed by atoms with Crippen molar-refractivity contribution in [1.29, 1.82) is 0 Å². The quantitative estimate of drug-likeness (QED) is 0.102. The zero-order chi connectivity index (χ0) is 53.3. The van der Waals surface area contributed by atoms with Crippen molar-refractivity contribution in [2.24, 2.45) is 11.8 Å². The fourth-order valence-electron chi connectivity index (χ4n) is 12.6. The Balaban J connectivity index is 0.000000178. The van der Waals surface area contributed by atoms with Crippen LogP contribution in [-0.2, 0) is 38.4 Å². The third-order valence-corrected chi connectivity index (χ3v) is 16.5. The van der Waals surface area contributed by atoms with E-state index in [1.807, 2.05) is 60.7 Å². The highest BCUT2D eigenvalue weighted by Crippen LogP contribution is 2.48. The number of phenols is 1. The van der Waals surface area contributed by atoms with Crippen molar-refractivity contribution in [2.45, 2.75) is 82.4 Å². The minimum Gasteiger partial charge on any atom is -0.508 e. The highest BCUT2D eigenvalue weighted by atomic mass is 19.1. The molecule has 10 heteroatoms. The Kier molecular flexibility index (Phi) is 17.5. The predicted octanol–water partition coefficient (Wildman–Crippen LogP) is 14.4. The van der Waals surface area contributed by atoms with Crippen molar-refractivity contribution < 1.29 is 37.6 Å². The maximum Gasteiger partial charge on any atom is 0.159 e. The number of aromatic hydroxyl groups is 1. The summed E-state index contributed by atoms with van der Waals surface area (Å²) in [5.74, 6) is 1.54. The van der Waals surface area contributed by atoms with Crippen LogP contribution >= 0.6 is 0 Å². The van der Waals surface area contributed by atoms with Gasteiger partial charge in [0.25, 0.3) is 0 Å². The molecule has 2 fully saturated rings. The number of methoxy groups -OCH3 is 4. The Morgan fingerprint density at radius 3 is 1.68 bits per heavy atom. The van der Waals surface area contributed by atoms with Gasteiger partial charge in [-0.25, -0.2) is 8.78 Å². The maximum atomic E-state index is 16.1. The Morgan fingerprint density at radius 2 is 1.08 bits per heavy atom. The lowest BCUT2D eigenvalue weighted by atomic mass is 9.69. The number of hydrogen-bond acceptors (Lipinski definition) is 8. The minimum atomic E-state index is -0.193. The molecule has 0 spiro atoms. The van der Waals surface area contributed by atoms with E-state index in [4.69, 9.17) is 23.7 Å². The van der Waals surface area contributed by atoms with E-state index in [9.17, 15) is 5.11 Å². The van der Waals surface area contributed by atoms with Gasteiger partial charge in [-0.1, -0.05) is 109 Å². The van der Waals surface area contributed by atoms with Gasteiger partial charge in [-0.15, -0.1) is 0 Å². The Labute approximate surface area is 453 Å². The summed E-state index contributed by atoms with van der Waals surface area (Å²) in [6, 6.07) is 54.3. The molecule has 2 aliphatic carbocycles. The normalized spacial score (nSPS) is 18.0. The van der Waals surface area contributed by atoms with Gasteiger partial charge < -0.3 is 38.6 Å². The van der Waals surface area contributed by atoms with E-state index in [2.05, 4.69) is 94.7 Å². The van der Waals surface area contributed by atoms with Crippen LogP contribution in [0.15, 0.2) is 164 Å². The molecule has 7 aromatic carbocycles. The van der Waals surface area contributed by atoms with E-state index in [1.54, 1.807) is 46.6 Å². The van der Waals surface area contributed by atoms with Crippen LogP contribution in [0.4, 0.5) is 20.2 Å². The number of benzene rings is 7. The average Bonchev–Trinajstić information content (AvgIpc) is 3.49. The van der Waals surface area contributed by atoms with Crippen LogP contribution in [0, 0.1) is 23.5 Å². The second-order valence-corrected chi connectivity index (χ2v) is 20.9. The number of rotatable bonds is 15. The number of nitrogens with zero attached hydrogens (tertiary/aromatic N) is 2. The number of fused-ring (bicyclic) bond motifs is 2. The van der Waals surface area contributed by atoms with E-state index < -0.39 is 0 Å². The fourth-order valence-corrected chi connectivity index (χ4v) is 12.6. The van der Waals surface area contributed by atoms with Gasteiger partial charge in [-0.05, 0) is 168 Å². The molecule has 2 atom stereocenters. The molecular weight excluding hydrogens is 967 g/mol.